The van der Waals surface area contributed by atoms with E-state index in [-0.39, 0.29) is 6.10 Å². The van der Waals surface area contributed by atoms with Gasteiger partial charge in [0.1, 0.15) is 6.10 Å². The molecule has 4 nitrogen and oxygen atoms in total. The van der Waals surface area contributed by atoms with E-state index in [0.717, 1.165) is 25.2 Å². The smallest absolute Gasteiger partial charge is 0.331 e. The van der Waals surface area contributed by atoms with E-state index in [9.17, 15) is 9.59 Å². The fourth-order valence-electron chi connectivity index (χ4n) is 4.29. The summed E-state index contributed by atoms with van der Waals surface area (Å²) < 4.78 is 10.6. The van der Waals surface area contributed by atoms with Crippen LogP contribution in [0.4, 0.5) is 0 Å². The first-order valence-electron chi connectivity index (χ1n) is 10.7. The van der Waals surface area contributed by atoms with Gasteiger partial charge >= 0.3 is 11.9 Å². The lowest BCUT2D eigenvalue weighted by Crippen LogP contribution is -2.23. The Morgan fingerprint density at radius 1 is 0.846 bits per heavy atom. The van der Waals surface area contributed by atoms with Crippen LogP contribution < -0.4 is 0 Å². The van der Waals surface area contributed by atoms with Crippen LogP contribution in [0.15, 0.2) is 12.2 Å². The lowest BCUT2D eigenvalue weighted by molar-refractivity contribution is -0.146. The molecule has 0 aromatic rings. The van der Waals surface area contributed by atoms with E-state index in [0.29, 0.717) is 12.5 Å². The Balaban J connectivity index is 1.43. The first kappa shape index (κ1) is 21.0. The average Bonchev–Trinajstić information content (AvgIpc) is 3.24. The van der Waals surface area contributed by atoms with Crippen molar-refractivity contribution in [3.8, 4) is 0 Å². The normalized spacial score (nSPS) is 24.3. The van der Waals surface area contributed by atoms with Crippen molar-refractivity contribution < 1.29 is 19.1 Å². The molecule has 2 aliphatic carbocycles. The molecule has 0 amide bonds. The fraction of sp³-hybridized carbons (Fsp3) is 0.818. The first-order chi connectivity index (χ1) is 12.7. The van der Waals surface area contributed by atoms with Crippen molar-refractivity contribution in [1.29, 1.82) is 0 Å². The Morgan fingerprint density at radius 2 is 1.50 bits per heavy atom. The van der Waals surface area contributed by atoms with E-state index in [1.165, 1.54) is 76.4 Å². The van der Waals surface area contributed by atoms with Crippen molar-refractivity contribution in [3.63, 3.8) is 0 Å². The quantitative estimate of drug-likeness (QED) is 0.251. The minimum absolute atomic E-state index is 0.0592. The van der Waals surface area contributed by atoms with E-state index < -0.39 is 11.9 Å². The van der Waals surface area contributed by atoms with Crippen LogP contribution in [0.5, 0.6) is 0 Å². The summed E-state index contributed by atoms with van der Waals surface area (Å²) in [7, 11) is 0. The molecule has 148 valence electrons. The molecule has 26 heavy (non-hydrogen) atoms. The van der Waals surface area contributed by atoms with E-state index in [1.54, 1.807) is 0 Å². The Hall–Kier alpha value is -1.32. The van der Waals surface area contributed by atoms with Gasteiger partial charge in [-0.15, -0.1) is 0 Å². The number of hydrogen-bond donors (Lipinski definition) is 0. The molecule has 0 saturated heterocycles. The second-order valence-corrected chi connectivity index (χ2v) is 7.98. The molecule has 2 rings (SSSR count). The highest BCUT2D eigenvalue weighted by Crippen LogP contribution is 2.45. The molecule has 4 heteroatoms. The molecule has 0 aromatic carbocycles. The molecular weight excluding hydrogens is 328 g/mol. The predicted octanol–water partition coefficient (Wildman–Crippen LogP) is 5.35. The SMILES string of the molecule is CCCCCCCCCCCOC(=O)/C=C/C(=O)OC1CC2CCC1C2. The van der Waals surface area contributed by atoms with Gasteiger partial charge in [-0.1, -0.05) is 58.3 Å². The van der Waals surface area contributed by atoms with Gasteiger partial charge in [-0.05, 0) is 43.9 Å². The largest absolute Gasteiger partial charge is 0.463 e. The van der Waals surface area contributed by atoms with Gasteiger partial charge in [0.25, 0.3) is 0 Å². The number of hydrogen-bond acceptors (Lipinski definition) is 4. The Morgan fingerprint density at radius 3 is 2.12 bits per heavy atom. The van der Waals surface area contributed by atoms with Crippen LogP contribution in [0, 0.1) is 11.8 Å². The van der Waals surface area contributed by atoms with Crippen molar-refractivity contribution in [1.82, 2.24) is 0 Å². The first-order valence-corrected chi connectivity index (χ1v) is 10.7. The van der Waals surface area contributed by atoms with Crippen LogP contribution >= 0.6 is 0 Å². The number of fused-ring (bicyclic) bond motifs is 2. The summed E-state index contributed by atoms with van der Waals surface area (Å²) in [5.74, 6) is 0.413. The summed E-state index contributed by atoms with van der Waals surface area (Å²) in [6, 6.07) is 0. The summed E-state index contributed by atoms with van der Waals surface area (Å²) in [4.78, 5) is 23.4. The molecule has 0 heterocycles. The molecule has 3 unspecified atom stereocenters. The maximum atomic E-state index is 11.8. The highest BCUT2D eigenvalue weighted by Gasteiger charge is 2.41. The van der Waals surface area contributed by atoms with Crippen molar-refractivity contribution in [2.45, 2.75) is 96.5 Å². The van der Waals surface area contributed by atoms with Crippen molar-refractivity contribution in [3.05, 3.63) is 12.2 Å². The van der Waals surface area contributed by atoms with Gasteiger partial charge in [0.2, 0.25) is 0 Å². The topological polar surface area (TPSA) is 52.6 Å². The van der Waals surface area contributed by atoms with Gasteiger partial charge in [-0.2, -0.15) is 0 Å². The number of carbonyl (C=O) groups excluding carboxylic acids is 2. The second-order valence-electron chi connectivity index (χ2n) is 7.98. The molecule has 2 saturated carbocycles. The molecule has 0 spiro atoms. The Bertz CT molecular complexity index is 457. The maximum Gasteiger partial charge on any atom is 0.331 e. The molecule has 0 radical (unpaired) electrons. The number of unbranched alkanes of at least 4 members (excludes halogenated alkanes) is 8. The molecule has 2 bridgehead atoms. The molecular formula is C22H36O4. The molecule has 0 N–H and O–H groups in total. The second kappa shape index (κ2) is 12.1. The minimum Gasteiger partial charge on any atom is -0.463 e. The van der Waals surface area contributed by atoms with Gasteiger partial charge < -0.3 is 9.47 Å². The Labute approximate surface area is 158 Å². The van der Waals surface area contributed by atoms with E-state index in [2.05, 4.69) is 6.92 Å². The van der Waals surface area contributed by atoms with Crippen LogP contribution in [-0.4, -0.2) is 24.6 Å². The van der Waals surface area contributed by atoms with E-state index in [1.807, 2.05) is 0 Å². The highest BCUT2D eigenvalue weighted by molar-refractivity contribution is 5.91. The molecule has 3 atom stereocenters. The number of carbonyl (C=O) groups is 2. The van der Waals surface area contributed by atoms with Crippen LogP contribution in [-0.2, 0) is 19.1 Å². The van der Waals surface area contributed by atoms with Crippen LogP contribution in [0.25, 0.3) is 0 Å². The maximum absolute atomic E-state index is 11.8. The summed E-state index contributed by atoms with van der Waals surface area (Å²) in [6.45, 7) is 2.67. The lowest BCUT2D eigenvalue weighted by atomic mass is 9.98. The van der Waals surface area contributed by atoms with Crippen LogP contribution in [0.2, 0.25) is 0 Å². The third kappa shape index (κ3) is 7.92. The molecule has 0 aromatic heterocycles. The average molecular weight is 365 g/mol. The molecule has 0 aliphatic heterocycles. The monoisotopic (exact) mass is 364 g/mol. The standard InChI is InChI=1S/C22H36O4/c1-2-3-4-5-6-7-8-9-10-15-25-21(23)13-14-22(24)26-20-17-18-11-12-19(20)16-18/h13-14,18-20H,2-12,15-17H2,1H3/b14-13+. The predicted molar refractivity (Wildman–Crippen MR) is 103 cm³/mol. The summed E-state index contributed by atoms with van der Waals surface area (Å²) in [5.41, 5.74) is 0. The summed E-state index contributed by atoms with van der Waals surface area (Å²) in [5, 5.41) is 0. The molecule has 2 fully saturated rings. The number of esters is 2. The lowest BCUT2D eigenvalue weighted by Gasteiger charge is -2.20. The Kier molecular flexibility index (Phi) is 9.80. The van der Waals surface area contributed by atoms with Gasteiger partial charge in [0, 0.05) is 12.2 Å². The highest BCUT2D eigenvalue weighted by atomic mass is 16.5. The van der Waals surface area contributed by atoms with Crippen LogP contribution in [0.1, 0.15) is 90.4 Å². The van der Waals surface area contributed by atoms with E-state index >= 15 is 0 Å². The third-order valence-electron chi connectivity index (χ3n) is 5.79. The molecule has 2 aliphatic rings. The fourth-order valence-corrected chi connectivity index (χ4v) is 4.29. The summed E-state index contributed by atoms with van der Waals surface area (Å²) >= 11 is 0. The number of rotatable bonds is 13. The van der Waals surface area contributed by atoms with Gasteiger partial charge in [-0.3, -0.25) is 0 Å². The van der Waals surface area contributed by atoms with E-state index in [4.69, 9.17) is 9.47 Å². The van der Waals surface area contributed by atoms with Crippen molar-refractivity contribution in [2.75, 3.05) is 6.61 Å². The number of ether oxygens (including phenoxy) is 2. The zero-order chi connectivity index (χ0) is 18.6. The van der Waals surface area contributed by atoms with Crippen molar-refractivity contribution in [2.24, 2.45) is 11.8 Å². The van der Waals surface area contributed by atoms with Crippen LogP contribution in [0.3, 0.4) is 0 Å². The van der Waals surface area contributed by atoms with Crippen molar-refractivity contribution >= 4 is 11.9 Å². The minimum atomic E-state index is -0.450. The zero-order valence-electron chi connectivity index (χ0n) is 16.4. The summed E-state index contributed by atoms with van der Waals surface area (Å²) in [6.07, 6.45) is 18.2. The van der Waals surface area contributed by atoms with Gasteiger partial charge in [-0.25, -0.2) is 9.59 Å². The third-order valence-corrected chi connectivity index (χ3v) is 5.79. The van der Waals surface area contributed by atoms with Gasteiger partial charge in [0.05, 0.1) is 6.61 Å². The zero-order valence-corrected chi connectivity index (χ0v) is 16.4. The van der Waals surface area contributed by atoms with Gasteiger partial charge in [0.15, 0.2) is 0 Å².